The average Bonchev–Trinajstić information content (AvgIpc) is 3.40. The Labute approximate surface area is 189 Å². The maximum absolute atomic E-state index is 12.6. The predicted molar refractivity (Wildman–Crippen MR) is 125 cm³/mol. The van der Waals surface area contributed by atoms with Crippen LogP contribution in [0.4, 0.5) is 10.8 Å². The number of thioether (sulfide) groups is 1. The lowest BCUT2D eigenvalue weighted by molar-refractivity contribution is 0.857. The molecule has 156 valence electrons. The van der Waals surface area contributed by atoms with Gasteiger partial charge in [0.05, 0.1) is 16.7 Å². The molecule has 3 aromatic heterocycles. The van der Waals surface area contributed by atoms with E-state index in [1.165, 1.54) is 27.7 Å². The molecule has 0 amide bonds. The second kappa shape index (κ2) is 7.95. The van der Waals surface area contributed by atoms with Crippen LogP contribution >= 0.6 is 34.7 Å². The van der Waals surface area contributed by atoms with Crippen molar-refractivity contribution in [2.75, 3.05) is 5.32 Å². The molecule has 5 aromatic rings. The van der Waals surface area contributed by atoms with Crippen LogP contribution in [-0.4, -0.2) is 29.4 Å². The number of fused-ring (bicyclic) bond motifs is 3. The van der Waals surface area contributed by atoms with E-state index in [-0.39, 0.29) is 5.56 Å². The van der Waals surface area contributed by atoms with E-state index in [2.05, 4.69) is 25.7 Å². The molecule has 0 aliphatic rings. The second-order valence-corrected chi connectivity index (χ2v) is 9.49. The molecule has 0 atom stereocenters. The number of nitrogens with one attached hydrogen (secondary N) is 1. The average molecular weight is 470 g/mol. The second-order valence-electron chi connectivity index (χ2n) is 6.88. The molecular formula is C20H16ClN7OS2. The molecule has 8 nitrogen and oxygen atoms in total. The van der Waals surface area contributed by atoms with Gasteiger partial charge in [0.15, 0.2) is 4.34 Å². The SMILES string of the molecule is Cc1ccc(Nc2nnc(SCc3nnc4n(C)c(=O)c5ccccc5n34)s2)cc1Cl. The summed E-state index contributed by atoms with van der Waals surface area (Å²) in [6, 6.07) is 13.2. The first-order valence-corrected chi connectivity index (χ1v) is 11.5. The summed E-state index contributed by atoms with van der Waals surface area (Å²) >= 11 is 9.15. The highest BCUT2D eigenvalue weighted by molar-refractivity contribution is 8.00. The molecule has 0 spiro atoms. The van der Waals surface area contributed by atoms with Gasteiger partial charge in [-0.15, -0.1) is 20.4 Å². The number of para-hydroxylation sites is 1. The summed E-state index contributed by atoms with van der Waals surface area (Å²) in [5, 5.41) is 22.2. The molecule has 2 aromatic carbocycles. The van der Waals surface area contributed by atoms with E-state index < -0.39 is 0 Å². The monoisotopic (exact) mass is 469 g/mol. The van der Waals surface area contributed by atoms with Crippen LogP contribution < -0.4 is 10.9 Å². The first kappa shape index (κ1) is 20.0. The Morgan fingerprint density at radius 1 is 1.13 bits per heavy atom. The van der Waals surface area contributed by atoms with Crippen molar-refractivity contribution in [2.45, 2.75) is 17.0 Å². The molecule has 0 aliphatic heterocycles. The van der Waals surface area contributed by atoms with Crippen molar-refractivity contribution in [1.29, 1.82) is 0 Å². The van der Waals surface area contributed by atoms with Gasteiger partial charge < -0.3 is 5.32 Å². The Bertz CT molecular complexity index is 1490. The van der Waals surface area contributed by atoms with E-state index in [9.17, 15) is 4.79 Å². The number of nitrogens with zero attached hydrogens (tertiary/aromatic N) is 6. The van der Waals surface area contributed by atoms with Gasteiger partial charge in [-0.05, 0) is 36.8 Å². The summed E-state index contributed by atoms with van der Waals surface area (Å²) in [5.41, 5.74) is 2.58. The topological polar surface area (TPSA) is 90.0 Å². The van der Waals surface area contributed by atoms with E-state index in [0.29, 0.717) is 27.1 Å². The number of aromatic nitrogens is 6. The standard InChI is InChI=1S/C20H16ClN7OS2/c1-11-7-8-12(9-14(11)21)22-18-24-26-20(31-18)30-10-16-23-25-19-27(2)17(29)13-5-3-4-6-15(13)28(16)19/h3-9H,10H2,1-2H3,(H,22,24). The molecule has 0 unspecified atom stereocenters. The molecule has 11 heteroatoms. The molecule has 1 N–H and O–H groups in total. The first-order chi connectivity index (χ1) is 15.0. The number of hydrogen-bond donors (Lipinski definition) is 1. The third-order valence-corrected chi connectivity index (χ3v) is 7.22. The zero-order chi connectivity index (χ0) is 21.5. The fourth-order valence-electron chi connectivity index (χ4n) is 3.22. The lowest BCUT2D eigenvalue weighted by atomic mass is 10.2. The minimum Gasteiger partial charge on any atom is -0.330 e. The number of anilines is 2. The van der Waals surface area contributed by atoms with Gasteiger partial charge in [0.25, 0.3) is 5.56 Å². The Morgan fingerprint density at radius 2 is 1.97 bits per heavy atom. The molecule has 0 radical (unpaired) electrons. The lowest BCUT2D eigenvalue weighted by Crippen LogP contribution is -2.20. The maximum atomic E-state index is 12.6. The first-order valence-electron chi connectivity index (χ1n) is 9.32. The highest BCUT2D eigenvalue weighted by Gasteiger charge is 2.15. The van der Waals surface area contributed by atoms with Gasteiger partial charge in [-0.2, -0.15) is 0 Å². The van der Waals surface area contributed by atoms with Crippen molar-refractivity contribution in [3.8, 4) is 0 Å². The number of hydrogen-bond acceptors (Lipinski definition) is 8. The van der Waals surface area contributed by atoms with E-state index in [1.54, 1.807) is 7.05 Å². The predicted octanol–water partition coefficient (Wildman–Crippen LogP) is 4.43. The van der Waals surface area contributed by atoms with E-state index in [0.717, 1.165) is 26.9 Å². The summed E-state index contributed by atoms with van der Waals surface area (Å²) in [4.78, 5) is 12.6. The van der Waals surface area contributed by atoms with Gasteiger partial charge in [0, 0.05) is 17.8 Å². The number of halogens is 1. The Kier molecular flexibility index (Phi) is 5.12. The van der Waals surface area contributed by atoms with Gasteiger partial charge in [-0.3, -0.25) is 13.8 Å². The Hall–Kier alpha value is -2.95. The fraction of sp³-hybridized carbons (Fsp3) is 0.150. The summed E-state index contributed by atoms with van der Waals surface area (Å²) in [6.45, 7) is 1.96. The van der Waals surface area contributed by atoms with Gasteiger partial charge >= 0.3 is 0 Å². The van der Waals surface area contributed by atoms with E-state index in [4.69, 9.17) is 11.6 Å². The van der Waals surface area contributed by atoms with Gasteiger partial charge in [0.2, 0.25) is 10.9 Å². The minimum atomic E-state index is -0.0919. The highest BCUT2D eigenvalue weighted by Crippen LogP contribution is 2.31. The maximum Gasteiger partial charge on any atom is 0.262 e. The fourth-order valence-corrected chi connectivity index (χ4v) is 5.09. The van der Waals surface area contributed by atoms with E-state index >= 15 is 0 Å². The largest absolute Gasteiger partial charge is 0.330 e. The van der Waals surface area contributed by atoms with Crippen LogP contribution in [0.3, 0.4) is 0 Å². The van der Waals surface area contributed by atoms with Crippen molar-refractivity contribution in [1.82, 2.24) is 29.4 Å². The van der Waals surface area contributed by atoms with Crippen LogP contribution in [0.1, 0.15) is 11.4 Å². The van der Waals surface area contributed by atoms with Gasteiger partial charge in [-0.25, -0.2) is 0 Å². The Morgan fingerprint density at radius 3 is 2.81 bits per heavy atom. The minimum absolute atomic E-state index is 0.0919. The van der Waals surface area contributed by atoms with Gasteiger partial charge in [0.1, 0.15) is 5.82 Å². The van der Waals surface area contributed by atoms with Crippen LogP contribution in [-0.2, 0) is 12.8 Å². The number of benzene rings is 2. The summed E-state index contributed by atoms with van der Waals surface area (Å²) in [5.74, 6) is 1.78. The smallest absolute Gasteiger partial charge is 0.262 e. The summed E-state index contributed by atoms with van der Waals surface area (Å²) < 4.78 is 4.23. The zero-order valence-electron chi connectivity index (χ0n) is 16.5. The van der Waals surface area contributed by atoms with Crippen LogP contribution in [0, 0.1) is 6.92 Å². The molecule has 3 heterocycles. The molecule has 0 saturated carbocycles. The van der Waals surface area contributed by atoms with E-state index in [1.807, 2.05) is 53.8 Å². The van der Waals surface area contributed by atoms with Crippen LogP contribution in [0.15, 0.2) is 51.6 Å². The quantitative estimate of drug-likeness (QED) is 0.381. The lowest BCUT2D eigenvalue weighted by Gasteiger charge is -2.07. The van der Waals surface area contributed by atoms with Crippen LogP contribution in [0.25, 0.3) is 16.7 Å². The zero-order valence-corrected chi connectivity index (χ0v) is 18.9. The van der Waals surface area contributed by atoms with Gasteiger partial charge in [-0.1, -0.05) is 52.9 Å². The molecule has 5 rings (SSSR count). The third-order valence-electron chi connectivity index (χ3n) is 4.85. The normalized spacial score (nSPS) is 11.5. The van der Waals surface area contributed by atoms with Crippen molar-refractivity contribution in [3.63, 3.8) is 0 Å². The highest BCUT2D eigenvalue weighted by atomic mass is 35.5. The number of rotatable bonds is 5. The van der Waals surface area contributed by atoms with Crippen molar-refractivity contribution < 1.29 is 0 Å². The summed E-state index contributed by atoms with van der Waals surface area (Å²) in [7, 11) is 1.70. The molecule has 0 bridgehead atoms. The molecule has 0 saturated heterocycles. The van der Waals surface area contributed by atoms with Crippen molar-refractivity contribution in [3.05, 3.63) is 69.2 Å². The van der Waals surface area contributed by atoms with Crippen LogP contribution in [0.2, 0.25) is 5.02 Å². The summed E-state index contributed by atoms with van der Waals surface area (Å²) in [6.07, 6.45) is 0. The third kappa shape index (κ3) is 3.67. The van der Waals surface area contributed by atoms with Crippen molar-refractivity contribution >= 4 is 62.2 Å². The molecule has 31 heavy (non-hydrogen) atoms. The molecular weight excluding hydrogens is 454 g/mol. The molecule has 0 fully saturated rings. The number of aryl methyl sites for hydroxylation is 2. The van der Waals surface area contributed by atoms with Crippen molar-refractivity contribution in [2.24, 2.45) is 7.05 Å². The van der Waals surface area contributed by atoms with Crippen LogP contribution in [0.5, 0.6) is 0 Å². The molecule has 0 aliphatic carbocycles. The Balaban J connectivity index is 1.39.